The van der Waals surface area contributed by atoms with Crippen LogP contribution in [0.1, 0.15) is 38.3 Å². The van der Waals surface area contributed by atoms with E-state index < -0.39 is 10.8 Å². The van der Waals surface area contributed by atoms with Crippen molar-refractivity contribution in [2.75, 3.05) is 16.8 Å². The van der Waals surface area contributed by atoms with Gasteiger partial charge in [-0.2, -0.15) is 0 Å². The smallest absolute Gasteiger partial charge is 0.129 e. The van der Waals surface area contributed by atoms with E-state index in [1.54, 1.807) is 6.33 Å². The number of nitrogens with zero attached hydrogens (tertiary/aromatic N) is 2. The largest absolute Gasteiger partial charge is 0.367 e. The molecule has 5 heteroatoms. The summed E-state index contributed by atoms with van der Waals surface area (Å²) in [5.41, 5.74) is 1.06. The minimum absolute atomic E-state index is 0.405. The van der Waals surface area contributed by atoms with E-state index in [1.807, 2.05) is 6.07 Å². The van der Waals surface area contributed by atoms with Gasteiger partial charge in [-0.15, -0.1) is 0 Å². The van der Waals surface area contributed by atoms with Crippen LogP contribution in [0.4, 0.5) is 5.82 Å². The Kier molecular flexibility index (Phi) is 4.10. The van der Waals surface area contributed by atoms with E-state index in [1.165, 1.54) is 0 Å². The van der Waals surface area contributed by atoms with Crippen molar-refractivity contribution in [2.45, 2.75) is 38.6 Å². The van der Waals surface area contributed by atoms with Gasteiger partial charge in [-0.1, -0.05) is 13.8 Å². The fourth-order valence-electron chi connectivity index (χ4n) is 1.91. The van der Waals surface area contributed by atoms with Crippen molar-refractivity contribution in [1.82, 2.24) is 9.97 Å². The standard InChI is InChI=1S/C12H19N3OS/c1-9(2)11-7-12(14-8-13-11)15-10-3-5-17(16)6-4-10/h7-10H,3-6H2,1-2H3,(H,13,14,15). The lowest BCUT2D eigenvalue weighted by Gasteiger charge is -2.23. The highest BCUT2D eigenvalue weighted by Gasteiger charge is 2.18. The molecule has 0 bridgehead atoms. The van der Waals surface area contributed by atoms with Gasteiger partial charge in [0.1, 0.15) is 12.1 Å². The number of nitrogens with one attached hydrogen (secondary N) is 1. The summed E-state index contributed by atoms with van der Waals surface area (Å²) in [5.74, 6) is 2.92. The van der Waals surface area contributed by atoms with Crippen LogP contribution in [0.25, 0.3) is 0 Å². The van der Waals surface area contributed by atoms with Gasteiger partial charge in [0, 0.05) is 40.1 Å². The first kappa shape index (κ1) is 12.5. The SMILES string of the molecule is CC(C)c1cc(NC2CCS(=O)CC2)ncn1. The summed E-state index contributed by atoms with van der Waals surface area (Å²) in [6, 6.07) is 2.42. The third-order valence-electron chi connectivity index (χ3n) is 3.02. The Labute approximate surface area is 105 Å². The van der Waals surface area contributed by atoms with Crippen LogP contribution in [-0.2, 0) is 10.8 Å². The van der Waals surface area contributed by atoms with Gasteiger partial charge in [-0.3, -0.25) is 4.21 Å². The van der Waals surface area contributed by atoms with E-state index in [2.05, 4.69) is 29.1 Å². The number of hydrogen-bond acceptors (Lipinski definition) is 4. The number of aromatic nitrogens is 2. The third kappa shape index (κ3) is 3.49. The Bertz CT molecular complexity index is 398. The average Bonchev–Trinajstić information content (AvgIpc) is 2.32. The normalized spacial score (nSPS) is 24.9. The van der Waals surface area contributed by atoms with E-state index in [0.29, 0.717) is 12.0 Å². The summed E-state index contributed by atoms with van der Waals surface area (Å²) in [4.78, 5) is 8.48. The van der Waals surface area contributed by atoms with Crippen molar-refractivity contribution >= 4 is 16.6 Å². The summed E-state index contributed by atoms with van der Waals surface area (Å²) in [6.07, 6.45) is 3.54. The second-order valence-electron chi connectivity index (χ2n) is 4.75. The Hall–Kier alpha value is -0.970. The first-order valence-electron chi connectivity index (χ1n) is 6.08. The molecule has 94 valence electrons. The number of anilines is 1. The molecule has 0 unspecified atom stereocenters. The van der Waals surface area contributed by atoms with Crippen LogP contribution in [0.5, 0.6) is 0 Å². The molecule has 1 aromatic rings. The van der Waals surface area contributed by atoms with E-state index in [-0.39, 0.29) is 0 Å². The quantitative estimate of drug-likeness (QED) is 0.894. The second-order valence-corrected chi connectivity index (χ2v) is 6.45. The van der Waals surface area contributed by atoms with Gasteiger partial charge in [-0.05, 0) is 18.8 Å². The highest BCUT2D eigenvalue weighted by atomic mass is 32.2. The molecule has 1 fully saturated rings. The Morgan fingerprint density at radius 1 is 1.35 bits per heavy atom. The zero-order chi connectivity index (χ0) is 12.3. The molecule has 17 heavy (non-hydrogen) atoms. The maximum Gasteiger partial charge on any atom is 0.129 e. The minimum Gasteiger partial charge on any atom is -0.367 e. The summed E-state index contributed by atoms with van der Waals surface area (Å²) in [5, 5.41) is 3.41. The average molecular weight is 253 g/mol. The fourth-order valence-corrected chi connectivity index (χ4v) is 3.21. The van der Waals surface area contributed by atoms with E-state index in [4.69, 9.17) is 0 Å². The van der Waals surface area contributed by atoms with Gasteiger partial charge in [0.15, 0.2) is 0 Å². The predicted octanol–water partition coefficient (Wildman–Crippen LogP) is 1.92. The van der Waals surface area contributed by atoms with Crippen molar-refractivity contribution < 1.29 is 4.21 Å². The van der Waals surface area contributed by atoms with Gasteiger partial charge in [0.2, 0.25) is 0 Å². The molecule has 0 amide bonds. The number of hydrogen-bond donors (Lipinski definition) is 1. The van der Waals surface area contributed by atoms with Gasteiger partial charge in [0.05, 0.1) is 0 Å². The van der Waals surface area contributed by atoms with Crippen LogP contribution in [0.15, 0.2) is 12.4 Å². The van der Waals surface area contributed by atoms with Crippen molar-refractivity contribution in [1.29, 1.82) is 0 Å². The molecule has 2 rings (SSSR count). The van der Waals surface area contributed by atoms with Crippen molar-refractivity contribution in [2.24, 2.45) is 0 Å². The highest BCUT2D eigenvalue weighted by Crippen LogP contribution is 2.17. The van der Waals surface area contributed by atoms with Crippen LogP contribution in [0, 0.1) is 0 Å². The maximum absolute atomic E-state index is 11.3. The lowest BCUT2D eigenvalue weighted by atomic mass is 10.1. The zero-order valence-corrected chi connectivity index (χ0v) is 11.2. The Morgan fingerprint density at radius 2 is 2.06 bits per heavy atom. The van der Waals surface area contributed by atoms with E-state index in [9.17, 15) is 4.21 Å². The molecule has 1 aromatic heterocycles. The molecule has 1 aliphatic rings. The van der Waals surface area contributed by atoms with Gasteiger partial charge in [-0.25, -0.2) is 9.97 Å². The monoisotopic (exact) mass is 253 g/mol. The molecular weight excluding hydrogens is 234 g/mol. The molecule has 0 aromatic carbocycles. The van der Waals surface area contributed by atoms with Crippen LogP contribution in [-0.4, -0.2) is 31.7 Å². The molecule has 0 radical (unpaired) electrons. The predicted molar refractivity (Wildman–Crippen MR) is 70.6 cm³/mol. The van der Waals surface area contributed by atoms with Crippen LogP contribution < -0.4 is 5.32 Å². The molecule has 0 atom stereocenters. The fraction of sp³-hybridized carbons (Fsp3) is 0.667. The van der Waals surface area contributed by atoms with Crippen LogP contribution in [0.2, 0.25) is 0 Å². The second kappa shape index (κ2) is 5.58. The van der Waals surface area contributed by atoms with E-state index >= 15 is 0 Å². The molecule has 1 aliphatic heterocycles. The topological polar surface area (TPSA) is 54.9 Å². The van der Waals surface area contributed by atoms with Crippen molar-refractivity contribution in [3.8, 4) is 0 Å². The molecule has 4 nitrogen and oxygen atoms in total. The van der Waals surface area contributed by atoms with Crippen molar-refractivity contribution in [3.05, 3.63) is 18.1 Å². The summed E-state index contributed by atoms with van der Waals surface area (Å²) in [7, 11) is -0.603. The first-order chi connectivity index (χ1) is 8.15. The van der Waals surface area contributed by atoms with Crippen LogP contribution >= 0.6 is 0 Å². The van der Waals surface area contributed by atoms with E-state index in [0.717, 1.165) is 35.9 Å². The molecule has 0 spiro atoms. The van der Waals surface area contributed by atoms with Crippen molar-refractivity contribution in [3.63, 3.8) is 0 Å². The zero-order valence-electron chi connectivity index (χ0n) is 10.3. The molecule has 1 N–H and O–H groups in total. The minimum atomic E-state index is -0.603. The molecular formula is C12H19N3OS. The summed E-state index contributed by atoms with van der Waals surface area (Å²) in [6.45, 7) is 4.24. The molecule has 0 saturated carbocycles. The van der Waals surface area contributed by atoms with Gasteiger partial charge in [0.25, 0.3) is 0 Å². The summed E-state index contributed by atoms with van der Waals surface area (Å²) < 4.78 is 11.3. The lowest BCUT2D eigenvalue weighted by molar-refractivity contribution is 0.622. The first-order valence-corrected chi connectivity index (χ1v) is 7.57. The van der Waals surface area contributed by atoms with Gasteiger partial charge < -0.3 is 5.32 Å². The molecule has 0 aliphatic carbocycles. The number of rotatable bonds is 3. The van der Waals surface area contributed by atoms with Gasteiger partial charge >= 0.3 is 0 Å². The maximum atomic E-state index is 11.3. The lowest BCUT2D eigenvalue weighted by Crippen LogP contribution is -2.29. The van der Waals surface area contributed by atoms with Crippen LogP contribution in [0.3, 0.4) is 0 Å². The Balaban J connectivity index is 1.98. The summed E-state index contributed by atoms with van der Waals surface area (Å²) >= 11 is 0. The highest BCUT2D eigenvalue weighted by molar-refractivity contribution is 7.85. The molecule has 1 saturated heterocycles. The third-order valence-corrected chi connectivity index (χ3v) is 4.40. The Morgan fingerprint density at radius 3 is 2.71 bits per heavy atom. The molecule has 2 heterocycles.